The third-order valence-electron chi connectivity index (χ3n) is 4.65. The van der Waals surface area contributed by atoms with Gasteiger partial charge in [-0.1, -0.05) is 18.2 Å². The largest absolute Gasteiger partial charge is 0.490 e. The number of anilines is 3. The maximum Gasteiger partial charge on any atom is 0.325 e. The van der Waals surface area contributed by atoms with E-state index in [1.807, 2.05) is 45.0 Å². The maximum atomic E-state index is 12.5. The molecule has 1 aromatic heterocycles. The number of esters is 1. The van der Waals surface area contributed by atoms with Crippen molar-refractivity contribution in [3.05, 3.63) is 59.4 Å². The molecule has 3 rings (SSSR count). The molecule has 0 atom stereocenters. The number of hydrogen-bond acceptors (Lipinski definition) is 10. The minimum atomic E-state index is -0.665. The number of aromatic nitrogens is 3. The zero-order chi connectivity index (χ0) is 25.2. The van der Waals surface area contributed by atoms with Crippen molar-refractivity contribution in [1.82, 2.24) is 20.3 Å². The van der Waals surface area contributed by atoms with Crippen LogP contribution >= 0.6 is 0 Å². The van der Waals surface area contributed by atoms with Crippen molar-refractivity contribution in [3.8, 4) is 11.5 Å². The van der Waals surface area contributed by atoms with Gasteiger partial charge in [0.2, 0.25) is 11.9 Å². The predicted octanol–water partition coefficient (Wildman–Crippen LogP) is 2.78. The van der Waals surface area contributed by atoms with Gasteiger partial charge in [-0.2, -0.15) is 15.0 Å². The molecular formula is C24H28N6O5. The minimum Gasteiger partial charge on any atom is -0.490 e. The Hall–Kier alpha value is -4.41. The zero-order valence-corrected chi connectivity index (χ0v) is 19.8. The minimum absolute atomic E-state index is 0.0176. The van der Waals surface area contributed by atoms with Crippen molar-refractivity contribution in [2.75, 3.05) is 30.8 Å². The molecule has 35 heavy (non-hydrogen) atoms. The molecule has 0 radical (unpaired) electrons. The number of nitrogens with one attached hydrogen (secondary N) is 2. The number of para-hydroxylation sites is 1. The van der Waals surface area contributed by atoms with Gasteiger partial charge in [-0.3, -0.25) is 9.59 Å². The van der Waals surface area contributed by atoms with E-state index < -0.39 is 11.9 Å². The van der Waals surface area contributed by atoms with Crippen molar-refractivity contribution >= 4 is 29.5 Å². The summed E-state index contributed by atoms with van der Waals surface area (Å²) in [5, 5.41) is 5.58. The van der Waals surface area contributed by atoms with Crippen molar-refractivity contribution in [2.24, 2.45) is 0 Å². The highest BCUT2D eigenvalue weighted by molar-refractivity contribution is 5.96. The first-order chi connectivity index (χ1) is 16.9. The molecule has 0 saturated heterocycles. The van der Waals surface area contributed by atoms with E-state index in [0.29, 0.717) is 30.3 Å². The van der Waals surface area contributed by atoms with Gasteiger partial charge in [-0.05, 0) is 50.6 Å². The van der Waals surface area contributed by atoms with Crippen molar-refractivity contribution in [3.63, 3.8) is 0 Å². The van der Waals surface area contributed by atoms with Gasteiger partial charge in [0.15, 0.2) is 23.9 Å². The van der Waals surface area contributed by atoms with Crippen LogP contribution < -0.4 is 25.8 Å². The molecule has 0 aliphatic rings. The topological polar surface area (TPSA) is 151 Å². The number of hydrogen-bond donors (Lipinski definition) is 3. The van der Waals surface area contributed by atoms with E-state index in [1.54, 1.807) is 18.2 Å². The first-order valence-corrected chi connectivity index (χ1v) is 11.1. The summed E-state index contributed by atoms with van der Waals surface area (Å²) in [5.41, 5.74) is 7.89. The second-order valence-electron chi connectivity index (χ2n) is 7.24. The van der Waals surface area contributed by atoms with Crippen LogP contribution in [0.1, 0.15) is 35.6 Å². The van der Waals surface area contributed by atoms with Crippen LogP contribution in [0.3, 0.4) is 0 Å². The molecule has 0 fully saturated rings. The Balaban J connectivity index is 1.55. The molecular weight excluding hydrogens is 452 g/mol. The Morgan fingerprint density at radius 2 is 1.71 bits per heavy atom. The molecule has 0 aliphatic heterocycles. The van der Waals surface area contributed by atoms with E-state index in [9.17, 15) is 9.59 Å². The van der Waals surface area contributed by atoms with Gasteiger partial charge in [0.25, 0.3) is 5.91 Å². The number of amides is 1. The summed E-state index contributed by atoms with van der Waals surface area (Å²) in [7, 11) is 0. The van der Waals surface area contributed by atoms with Crippen LogP contribution in [0.15, 0.2) is 42.5 Å². The highest BCUT2D eigenvalue weighted by atomic mass is 16.5. The van der Waals surface area contributed by atoms with Crippen LogP contribution in [0.4, 0.5) is 17.6 Å². The molecule has 0 saturated carbocycles. The number of nitrogens with two attached hydrogens (primary N) is 1. The number of carbonyl (C=O) groups is 2. The van der Waals surface area contributed by atoms with Gasteiger partial charge < -0.3 is 30.6 Å². The normalized spacial score (nSPS) is 10.4. The number of benzene rings is 2. The van der Waals surface area contributed by atoms with Crippen molar-refractivity contribution in [1.29, 1.82) is 0 Å². The van der Waals surface area contributed by atoms with Crippen molar-refractivity contribution in [2.45, 2.75) is 27.4 Å². The maximum absolute atomic E-state index is 12.5. The summed E-state index contributed by atoms with van der Waals surface area (Å²) in [6.45, 7) is 5.94. The number of ether oxygens (including phenoxy) is 3. The Labute approximate surface area is 203 Å². The molecule has 3 aromatic rings. The first-order valence-electron chi connectivity index (χ1n) is 11.1. The fraction of sp³-hybridized carbons (Fsp3) is 0.292. The number of aryl methyl sites for hydroxylation is 1. The lowest BCUT2D eigenvalue weighted by atomic mass is 10.2. The van der Waals surface area contributed by atoms with Crippen LogP contribution in [0, 0.1) is 6.92 Å². The van der Waals surface area contributed by atoms with E-state index in [4.69, 9.17) is 19.9 Å². The third kappa shape index (κ3) is 7.29. The lowest BCUT2D eigenvalue weighted by molar-refractivity contribution is -0.143. The van der Waals surface area contributed by atoms with E-state index in [2.05, 4.69) is 25.6 Å². The molecule has 0 bridgehead atoms. The number of nitrogens with zero attached hydrogens (tertiary/aromatic N) is 3. The number of nitrogen functional groups attached to an aromatic ring is 1. The molecule has 1 heterocycles. The van der Waals surface area contributed by atoms with Crippen LogP contribution in [0.25, 0.3) is 0 Å². The highest BCUT2D eigenvalue weighted by Crippen LogP contribution is 2.28. The molecule has 4 N–H and O–H groups in total. The third-order valence-corrected chi connectivity index (χ3v) is 4.65. The molecule has 2 aromatic carbocycles. The van der Waals surface area contributed by atoms with Gasteiger partial charge >= 0.3 is 5.97 Å². The molecule has 11 nitrogen and oxygen atoms in total. The lowest BCUT2D eigenvalue weighted by Gasteiger charge is -2.12. The SMILES string of the molecule is CCOc1ccc(C(=O)NCC(=O)OCc2nc(N)nc(Nc3ccccc3C)n2)cc1OCC. The van der Waals surface area contributed by atoms with Gasteiger partial charge in [0.05, 0.1) is 13.2 Å². The molecule has 1 amide bonds. The molecule has 184 valence electrons. The van der Waals surface area contributed by atoms with E-state index in [-0.39, 0.29) is 30.9 Å². The summed E-state index contributed by atoms with van der Waals surface area (Å²) >= 11 is 0. The highest BCUT2D eigenvalue weighted by Gasteiger charge is 2.14. The van der Waals surface area contributed by atoms with Crippen LogP contribution in [-0.4, -0.2) is 46.6 Å². The van der Waals surface area contributed by atoms with Crippen LogP contribution in [0.5, 0.6) is 11.5 Å². The molecule has 0 spiro atoms. The van der Waals surface area contributed by atoms with Gasteiger partial charge in [0.1, 0.15) is 6.54 Å². The average molecular weight is 481 g/mol. The summed E-state index contributed by atoms with van der Waals surface area (Å²) in [6, 6.07) is 12.4. The summed E-state index contributed by atoms with van der Waals surface area (Å²) in [4.78, 5) is 36.9. The second-order valence-corrected chi connectivity index (χ2v) is 7.24. The Bertz CT molecular complexity index is 1190. The summed E-state index contributed by atoms with van der Waals surface area (Å²) in [5.74, 6) is 0.246. The fourth-order valence-corrected chi connectivity index (χ4v) is 3.03. The van der Waals surface area contributed by atoms with E-state index in [1.165, 1.54) is 0 Å². The second kappa shape index (κ2) is 12.2. The lowest BCUT2D eigenvalue weighted by Crippen LogP contribution is -2.30. The number of rotatable bonds is 11. The molecule has 11 heteroatoms. The summed E-state index contributed by atoms with van der Waals surface area (Å²) in [6.07, 6.45) is 0. The zero-order valence-electron chi connectivity index (χ0n) is 19.8. The average Bonchev–Trinajstić information content (AvgIpc) is 2.84. The van der Waals surface area contributed by atoms with Crippen LogP contribution in [-0.2, 0) is 16.1 Å². The van der Waals surface area contributed by atoms with Crippen LogP contribution in [0.2, 0.25) is 0 Å². The van der Waals surface area contributed by atoms with Gasteiger partial charge in [0, 0.05) is 11.3 Å². The molecule has 0 unspecified atom stereocenters. The van der Waals surface area contributed by atoms with Gasteiger partial charge in [-0.25, -0.2) is 0 Å². The standard InChI is InChI=1S/C24H28N6O5/c1-4-33-18-11-10-16(12-19(18)34-5-2)22(32)26-13-21(31)35-14-20-28-23(25)30-24(29-20)27-17-9-7-6-8-15(17)3/h6-12H,4-5,13-14H2,1-3H3,(H,26,32)(H3,25,27,28,29,30). The molecule has 0 aliphatic carbocycles. The number of carbonyl (C=O) groups excluding carboxylic acids is 2. The quantitative estimate of drug-likeness (QED) is 0.349. The first kappa shape index (κ1) is 25.2. The Kier molecular flexibility index (Phi) is 8.76. The summed E-state index contributed by atoms with van der Waals surface area (Å²) < 4.78 is 16.2. The van der Waals surface area contributed by atoms with Gasteiger partial charge in [-0.15, -0.1) is 0 Å². The predicted molar refractivity (Wildman–Crippen MR) is 130 cm³/mol. The van der Waals surface area contributed by atoms with Crippen molar-refractivity contribution < 1.29 is 23.8 Å². The smallest absolute Gasteiger partial charge is 0.325 e. The fourth-order valence-electron chi connectivity index (χ4n) is 3.03. The Morgan fingerprint density at radius 3 is 2.46 bits per heavy atom. The van der Waals surface area contributed by atoms with E-state index >= 15 is 0 Å². The monoisotopic (exact) mass is 480 g/mol. The Morgan fingerprint density at radius 1 is 0.971 bits per heavy atom. The van der Waals surface area contributed by atoms with E-state index in [0.717, 1.165) is 11.3 Å².